The van der Waals surface area contributed by atoms with Crippen molar-refractivity contribution in [2.75, 3.05) is 13.2 Å². The van der Waals surface area contributed by atoms with E-state index in [0.29, 0.717) is 12.5 Å². The van der Waals surface area contributed by atoms with Crippen molar-refractivity contribution in [3.63, 3.8) is 0 Å². The normalized spacial score (nSPS) is 32.8. The van der Waals surface area contributed by atoms with Gasteiger partial charge in [0, 0.05) is 31.2 Å². The molecule has 1 aromatic heterocycles. The lowest BCUT2D eigenvalue weighted by atomic mass is 9.77. The van der Waals surface area contributed by atoms with E-state index in [-0.39, 0.29) is 18.6 Å². The summed E-state index contributed by atoms with van der Waals surface area (Å²) < 4.78 is 7.54. The van der Waals surface area contributed by atoms with E-state index in [9.17, 15) is 14.7 Å². The molecule has 9 heteroatoms. The fourth-order valence-corrected chi connectivity index (χ4v) is 5.33. The van der Waals surface area contributed by atoms with Crippen LogP contribution in [-0.4, -0.2) is 67.7 Å². The molecule has 172 valence electrons. The molecule has 0 spiro atoms. The number of hydrogen-bond acceptors (Lipinski definition) is 6. The Bertz CT molecular complexity index is 839. The summed E-state index contributed by atoms with van der Waals surface area (Å²) in [6.07, 6.45) is 5.50. The Kier molecular flexibility index (Phi) is 5.62. The van der Waals surface area contributed by atoms with Crippen LogP contribution in [0.4, 0.5) is 0 Å². The maximum atomic E-state index is 14.0. The summed E-state index contributed by atoms with van der Waals surface area (Å²) in [5, 5.41) is 19.5. The fourth-order valence-electron chi connectivity index (χ4n) is 5.33. The number of hydrogen-bond donors (Lipinski definition) is 2. The molecular formula is C22H35N5O4. The molecule has 3 fully saturated rings. The number of aliphatic hydroxyl groups is 1. The zero-order valence-corrected chi connectivity index (χ0v) is 19.0. The number of nitrogens with two attached hydrogens (primary N) is 1. The SMILES string of the molecule is CC(C)(C)[C@@H](C(=O)N1CC(O)C(C2CCCCO2)C1(C)C(N)=O)n1cc(C2CC2)nn1. The fraction of sp³-hybridized carbons (Fsp3) is 0.818. The van der Waals surface area contributed by atoms with Crippen LogP contribution in [-0.2, 0) is 14.3 Å². The second-order valence-corrected chi connectivity index (χ2v) is 10.6. The van der Waals surface area contributed by atoms with E-state index in [2.05, 4.69) is 10.3 Å². The first-order chi connectivity index (χ1) is 14.5. The summed E-state index contributed by atoms with van der Waals surface area (Å²) in [7, 11) is 0. The quantitative estimate of drug-likeness (QED) is 0.723. The number of β-amino-alcohol motifs (C(OH)–C–C–N with tert-alkyl or cyclic N) is 1. The minimum absolute atomic E-state index is 0.0412. The molecule has 31 heavy (non-hydrogen) atoms. The second-order valence-electron chi connectivity index (χ2n) is 10.6. The van der Waals surface area contributed by atoms with Gasteiger partial charge in [-0.2, -0.15) is 0 Å². The topological polar surface area (TPSA) is 124 Å². The Balaban J connectivity index is 1.69. The van der Waals surface area contributed by atoms with E-state index in [1.807, 2.05) is 27.0 Å². The lowest BCUT2D eigenvalue weighted by molar-refractivity contribution is -0.153. The van der Waals surface area contributed by atoms with Gasteiger partial charge in [0.25, 0.3) is 0 Å². The van der Waals surface area contributed by atoms with Crippen molar-refractivity contribution in [2.24, 2.45) is 17.1 Å². The maximum Gasteiger partial charge on any atom is 0.249 e. The number of nitrogens with zero attached hydrogens (tertiary/aromatic N) is 4. The van der Waals surface area contributed by atoms with Crippen LogP contribution in [0.15, 0.2) is 6.20 Å². The highest BCUT2D eigenvalue weighted by Gasteiger charge is 2.60. The van der Waals surface area contributed by atoms with E-state index in [0.717, 1.165) is 37.8 Å². The molecule has 1 saturated carbocycles. The number of carbonyl (C=O) groups is 2. The monoisotopic (exact) mass is 433 g/mol. The number of ether oxygens (including phenoxy) is 1. The summed E-state index contributed by atoms with van der Waals surface area (Å²) in [6, 6.07) is -0.676. The van der Waals surface area contributed by atoms with Gasteiger partial charge in [0.2, 0.25) is 11.8 Å². The Labute approximate surface area is 183 Å². The van der Waals surface area contributed by atoms with Crippen molar-refractivity contribution in [2.45, 2.75) is 89.5 Å². The minimum Gasteiger partial charge on any atom is -0.391 e. The van der Waals surface area contributed by atoms with Crippen molar-refractivity contribution >= 4 is 11.8 Å². The highest BCUT2D eigenvalue weighted by molar-refractivity contribution is 5.93. The van der Waals surface area contributed by atoms with Gasteiger partial charge in [0.15, 0.2) is 0 Å². The average molecular weight is 434 g/mol. The lowest BCUT2D eigenvalue weighted by Crippen LogP contribution is -2.61. The van der Waals surface area contributed by atoms with Gasteiger partial charge in [0.1, 0.15) is 11.6 Å². The van der Waals surface area contributed by atoms with Crippen molar-refractivity contribution in [3.05, 3.63) is 11.9 Å². The zero-order valence-electron chi connectivity index (χ0n) is 19.0. The largest absolute Gasteiger partial charge is 0.391 e. The third-order valence-corrected chi connectivity index (χ3v) is 7.22. The van der Waals surface area contributed by atoms with Gasteiger partial charge in [-0.05, 0) is 44.4 Å². The molecular weight excluding hydrogens is 398 g/mol. The number of aliphatic hydroxyl groups excluding tert-OH is 1. The first-order valence-electron chi connectivity index (χ1n) is 11.4. The van der Waals surface area contributed by atoms with Crippen LogP contribution in [0.5, 0.6) is 0 Å². The van der Waals surface area contributed by atoms with Crippen LogP contribution in [0.25, 0.3) is 0 Å². The maximum absolute atomic E-state index is 14.0. The molecule has 3 aliphatic rings. The second kappa shape index (κ2) is 7.85. The molecule has 1 aliphatic carbocycles. The molecule has 2 aliphatic heterocycles. The molecule has 9 nitrogen and oxygen atoms in total. The smallest absolute Gasteiger partial charge is 0.249 e. The van der Waals surface area contributed by atoms with Crippen LogP contribution in [0.3, 0.4) is 0 Å². The van der Waals surface area contributed by atoms with E-state index in [1.165, 1.54) is 4.90 Å². The third-order valence-electron chi connectivity index (χ3n) is 7.22. The minimum atomic E-state index is -1.35. The summed E-state index contributed by atoms with van der Waals surface area (Å²) in [5.74, 6) is -1.05. The summed E-state index contributed by atoms with van der Waals surface area (Å²) >= 11 is 0. The van der Waals surface area contributed by atoms with Gasteiger partial charge in [0.05, 0.1) is 17.9 Å². The lowest BCUT2D eigenvalue weighted by Gasteiger charge is -2.43. The molecule has 2 amide bonds. The molecule has 4 unspecified atom stereocenters. The van der Waals surface area contributed by atoms with Gasteiger partial charge < -0.3 is 20.5 Å². The third kappa shape index (κ3) is 3.86. The standard InChI is InChI=1S/C22H35N5O4/c1-21(2,3)18(27-11-14(24-25-27)13-8-9-13)19(29)26-12-15(28)17(22(26,4)20(23)30)16-7-5-6-10-31-16/h11,13,15-18,28H,5-10,12H2,1-4H3,(H2,23,30)/t15?,16?,17?,18-,22?/m1/s1. The predicted molar refractivity (Wildman–Crippen MR) is 113 cm³/mol. The number of primary amides is 1. The van der Waals surface area contributed by atoms with Crippen molar-refractivity contribution in [1.82, 2.24) is 19.9 Å². The summed E-state index contributed by atoms with van der Waals surface area (Å²) in [5.41, 5.74) is 4.95. The van der Waals surface area contributed by atoms with Crippen LogP contribution < -0.4 is 5.73 Å². The van der Waals surface area contributed by atoms with Crippen LogP contribution in [0.1, 0.15) is 77.5 Å². The van der Waals surface area contributed by atoms with Gasteiger partial charge in [-0.3, -0.25) is 9.59 Å². The number of carbonyl (C=O) groups excluding carboxylic acids is 2. The highest BCUT2D eigenvalue weighted by Crippen LogP contribution is 2.44. The first-order valence-corrected chi connectivity index (χ1v) is 11.4. The van der Waals surface area contributed by atoms with E-state index in [4.69, 9.17) is 10.5 Å². The van der Waals surface area contributed by atoms with Crippen LogP contribution in [0, 0.1) is 11.3 Å². The Morgan fingerprint density at radius 3 is 2.55 bits per heavy atom. The number of amides is 2. The predicted octanol–water partition coefficient (Wildman–Crippen LogP) is 1.38. The summed E-state index contributed by atoms with van der Waals surface area (Å²) in [4.78, 5) is 28.2. The van der Waals surface area contributed by atoms with E-state index >= 15 is 0 Å². The molecule has 3 heterocycles. The Morgan fingerprint density at radius 1 is 1.29 bits per heavy atom. The van der Waals surface area contributed by atoms with Gasteiger partial charge >= 0.3 is 0 Å². The number of aromatic nitrogens is 3. The van der Waals surface area contributed by atoms with Crippen LogP contribution >= 0.6 is 0 Å². The number of likely N-dealkylation sites (tertiary alicyclic amines) is 1. The van der Waals surface area contributed by atoms with E-state index in [1.54, 1.807) is 11.6 Å². The van der Waals surface area contributed by atoms with Gasteiger partial charge in [-0.15, -0.1) is 5.10 Å². The molecule has 0 bridgehead atoms. The Morgan fingerprint density at radius 2 is 2.00 bits per heavy atom. The molecule has 0 radical (unpaired) electrons. The molecule has 5 atom stereocenters. The molecule has 1 aromatic rings. The van der Waals surface area contributed by atoms with Crippen LogP contribution in [0.2, 0.25) is 0 Å². The Hall–Kier alpha value is -2.00. The van der Waals surface area contributed by atoms with Gasteiger partial charge in [-0.25, -0.2) is 4.68 Å². The first kappa shape index (κ1) is 22.2. The molecule has 4 rings (SSSR count). The molecule has 0 aromatic carbocycles. The van der Waals surface area contributed by atoms with Crippen molar-refractivity contribution in [3.8, 4) is 0 Å². The average Bonchev–Trinajstić information content (AvgIpc) is 3.37. The van der Waals surface area contributed by atoms with Crippen molar-refractivity contribution < 1.29 is 19.4 Å². The molecule has 3 N–H and O–H groups in total. The van der Waals surface area contributed by atoms with Crippen molar-refractivity contribution in [1.29, 1.82) is 0 Å². The van der Waals surface area contributed by atoms with E-state index < -0.39 is 34.9 Å². The molecule has 2 saturated heterocycles. The highest BCUT2D eigenvalue weighted by atomic mass is 16.5. The number of rotatable bonds is 5. The zero-order chi connectivity index (χ0) is 22.6. The summed E-state index contributed by atoms with van der Waals surface area (Å²) in [6.45, 7) is 8.18. The van der Waals surface area contributed by atoms with Gasteiger partial charge in [-0.1, -0.05) is 26.0 Å².